The second-order valence-electron chi connectivity index (χ2n) is 6.13. The van der Waals surface area contributed by atoms with Crippen molar-refractivity contribution in [1.29, 1.82) is 0 Å². The number of hydrogen-bond acceptors (Lipinski definition) is 8. The van der Waals surface area contributed by atoms with Gasteiger partial charge in [-0.1, -0.05) is 17.8 Å². The zero-order valence-corrected chi connectivity index (χ0v) is 16.0. The Morgan fingerprint density at radius 2 is 1.89 bits per heavy atom. The van der Waals surface area contributed by atoms with Gasteiger partial charge in [0.05, 0.1) is 5.75 Å². The van der Waals surface area contributed by atoms with Gasteiger partial charge in [0.1, 0.15) is 13.2 Å². The van der Waals surface area contributed by atoms with Crippen LogP contribution in [0.4, 0.5) is 0 Å². The molecule has 4 rings (SSSR count). The van der Waals surface area contributed by atoms with Crippen molar-refractivity contribution < 1.29 is 18.7 Å². The lowest BCUT2D eigenvalue weighted by molar-refractivity contribution is -0.127. The van der Waals surface area contributed by atoms with Crippen LogP contribution in [0, 0.1) is 0 Å². The van der Waals surface area contributed by atoms with Crippen LogP contribution >= 0.6 is 11.8 Å². The molecule has 0 radical (unpaired) electrons. The maximum absolute atomic E-state index is 12.4. The van der Waals surface area contributed by atoms with E-state index in [9.17, 15) is 4.79 Å². The molecule has 2 aromatic heterocycles. The number of benzene rings is 1. The van der Waals surface area contributed by atoms with Crippen LogP contribution < -0.4 is 9.47 Å². The van der Waals surface area contributed by atoms with E-state index in [0.29, 0.717) is 36.6 Å². The summed E-state index contributed by atoms with van der Waals surface area (Å²) in [5.74, 6) is 2.03. The second-order valence-corrected chi connectivity index (χ2v) is 7.05. The highest BCUT2D eigenvalue weighted by molar-refractivity contribution is 7.99. The Hall–Kier alpha value is -3.07. The Labute approximate surface area is 165 Å². The number of hydrogen-bond donors (Lipinski definition) is 0. The molecule has 1 aliphatic rings. The molecular formula is C19H18N4O4S. The summed E-state index contributed by atoms with van der Waals surface area (Å²) in [5, 5.41) is 8.34. The average Bonchev–Trinajstić information content (AvgIpc) is 3.21. The zero-order chi connectivity index (χ0) is 19.3. The van der Waals surface area contributed by atoms with E-state index in [0.717, 1.165) is 16.9 Å². The van der Waals surface area contributed by atoms with Crippen molar-refractivity contribution in [2.75, 3.05) is 26.0 Å². The molecule has 0 N–H and O–H groups in total. The third-order valence-electron chi connectivity index (χ3n) is 4.10. The van der Waals surface area contributed by atoms with Crippen LogP contribution in [-0.2, 0) is 11.3 Å². The highest BCUT2D eigenvalue weighted by Crippen LogP contribution is 2.31. The van der Waals surface area contributed by atoms with Crippen molar-refractivity contribution in [2.24, 2.45) is 0 Å². The Morgan fingerprint density at radius 3 is 2.71 bits per heavy atom. The summed E-state index contributed by atoms with van der Waals surface area (Å²) in [7, 11) is 1.76. The Kier molecular flexibility index (Phi) is 5.43. The first-order valence-electron chi connectivity index (χ1n) is 8.68. The van der Waals surface area contributed by atoms with E-state index < -0.39 is 0 Å². The molecule has 3 heterocycles. The van der Waals surface area contributed by atoms with Crippen molar-refractivity contribution in [3.8, 4) is 23.0 Å². The number of nitrogens with zero attached hydrogens (tertiary/aromatic N) is 4. The third-order valence-corrected chi connectivity index (χ3v) is 4.91. The molecule has 28 heavy (non-hydrogen) atoms. The van der Waals surface area contributed by atoms with Gasteiger partial charge < -0.3 is 18.8 Å². The molecule has 1 aromatic carbocycles. The van der Waals surface area contributed by atoms with Crippen LogP contribution in [0.1, 0.15) is 5.56 Å². The molecule has 0 unspecified atom stereocenters. The minimum atomic E-state index is -0.0384. The molecule has 0 spiro atoms. The number of rotatable bonds is 6. The topological polar surface area (TPSA) is 90.6 Å². The first-order chi connectivity index (χ1) is 13.7. The van der Waals surface area contributed by atoms with Crippen molar-refractivity contribution in [3.05, 3.63) is 48.3 Å². The molecule has 0 bridgehead atoms. The van der Waals surface area contributed by atoms with Crippen molar-refractivity contribution >= 4 is 17.7 Å². The molecule has 3 aromatic rings. The normalized spacial score (nSPS) is 12.6. The number of thioether (sulfide) groups is 1. The number of fused-ring (bicyclic) bond motifs is 1. The van der Waals surface area contributed by atoms with E-state index in [1.807, 2.05) is 18.2 Å². The molecule has 8 nitrogen and oxygen atoms in total. The van der Waals surface area contributed by atoms with E-state index >= 15 is 0 Å². The summed E-state index contributed by atoms with van der Waals surface area (Å²) < 4.78 is 16.7. The van der Waals surface area contributed by atoms with Gasteiger partial charge in [-0.25, -0.2) is 0 Å². The fraction of sp³-hybridized carbons (Fsp3) is 0.263. The van der Waals surface area contributed by atoms with E-state index in [1.54, 1.807) is 36.5 Å². The highest BCUT2D eigenvalue weighted by atomic mass is 32.2. The van der Waals surface area contributed by atoms with Gasteiger partial charge in [0, 0.05) is 31.5 Å². The molecule has 0 saturated heterocycles. The molecule has 144 valence electrons. The van der Waals surface area contributed by atoms with Gasteiger partial charge in [-0.15, -0.1) is 10.2 Å². The molecule has 0 atom stereocenters. The van der Waals surface area contributed by atoms with Crippen molar-refractivity contribution in [3.63, 3.8) is 0 Å². The number of ether oxygens (including phenoxy) is 2. The summed E-state index contributed by atoms with van der Waals surface area (Å²) in [6.45, 7) is 1.57. The van der Waals surface area contributed by atoms with Crippen LogP contribution in [0.25, 0.3) is 11.5 Å². The van der Waals surface area contributed by atoms with Crippen molar-refractivity contribution in [1.82, 2.24) is 20.1 Å². The number of carbonyl (C=O) groups is 1. The maximum atomic E-state index is 12.4. The fourth-order valence-electron chi connectivity index (χ4n) is 2.66. The largest absolute Gasteiger partial charge is 0.486 e. The lowest BCUT2D eigenvalue weighted by Crippen LogP contribution is -2.27. The van der Waals surface area contributed by atoms with Gasteiger partial charge in [0.2, 0.25) is 11.8 Å². The number of aromatic nitrogens is 3. The summed E-state index contributed by atoms with van der Waals surface area (Å²) in [6.07, 6.45) is 3.31. The van der Waals surface area contributed by atoms with Crippen molar-refractivity contribution in [2.45, 2.75) is 11.8 Å². The zero-order valence-electron chi connectivity index (χ0n) is 15.2. The molecule has 0 saturated carbocycles. The summed E-state index contributed by atoms with van der Waals surface area (Å²) >= 11 is 1.21. The van der Waals surface area contributed by atoms with Gasteiger partial charge in [0.15, 0.2) is 11.5 Å². The summed E-state index contributed by atoms with van der Waals surface area (Å²) in [4.78, 5) is 18.0. The lowest BCUT2D eigenvalue weighted by atomic mass is 10.2. The standard InChI is InChI=1S/C19H18N4O4S/c1-23(11-13-2-3-15-16(10-13)26-9-8-25-15)17(24)12-28-19-22-21-18(27-19)14-4-6-20-7-5-14/h2-7,10H,8-9,11-12H2,1H3. The predicted octanol–water partition coefficient (Wildman–Crippen LogP) is 2.65. The minimum Gasteiger partial charge on any atom is -0.486 e. The SMILES string of the molecule is CN(Cc1ccc2c(c1)OCCO2)C(=O)CSc1nnc(-c2ccncc2)o1. The first kappa shape index (κ1) is 18.3. The van der Waals surface area contributed by atoms with E-state index in [1.165, 1.54) is 11.8 Å². The van der Waals surface area contributed by atoms with Crippen LogP contribution in [-0.4, -0.2) is 52.0 Å². The minimum absolute atomic E-state index is 0.0384. The maximum Gasteiger partial charge on any atom is 0.277 e. The molecule has 1 aliphatic heterocycles. The molecule has 1 amide bonds. The monoisotopic (exact) mass is 398 g/mol. The van der Waals surface area contributed by atoms with Crippen LogP contribution in [0.2, 0.25) is 0 Å². The van der Waals surface area contributed by atoms with Gasteiger partial charge in [-0.2, -0.15) is 0 Å². The van der Waals surface area contributed by atoms with Gasteiger partial charge >= 0.3 is 0 Å². The molecule has 0 fully saturated rings. The van der Waals surface area contributed by atoms with Crippen LogP contribution in [0.3, 0.4) is 0 Å². The average molecular weight is 398 g/mol. The number of amides is 1. The van der Waals surface area contributed by atoms with Crippen LogP contribution in [0.15, 0.2) is 52.4 Å². The third kappa shape index (κ3) is 4.25. The quantitative estimate of drug-likeness (QED) is 0.586. The Balaban J connectivity index is 1.32. The first-order valence-corrected chi connectivity index (χ1v) is 9.67. The smallest absolute Gasteiger partial charge is 0.277 e. The second kappa shape index (κ2) is 8.30. The molecule has 9 heteroatoms. The van der Waals surface area contributed by atoms with Gasteiger partial charge in [-0.3, -0.25) is 9.78 Å². The van der Waals surface area contributed by atoms with Gasteiger partial charge in [0.25, 0.3) is 5.22 Å². The summed E-state index contributed by atoms with van der Waals surface area (Å²) in [6, 6.07) is 9.28. The fourth-order valence-corrected chi connectivity index (χ4v) is 3.36. The highest BCUT2D eigenvalue weighted by Gasteiger charge is 2.16. The van der Waals surface area contributed by atoms with Crippen LogP contribution in [0.5, 0.6) is 11.5 Å². The van der Waals surface area contributed by atoms with E-state index in [4.69, 9.17) is 13.9 Å². The number of pyridine rings is 1. The van der Waals surface area contributed by atoms with E-state index in [2.05, 4.69) is 15.2 Å². The Morgan fingerprint density at radius 1 is 1.11 bits per heavy atom. The molecule has 0 aliphatic carbocycles. The predicted molar refractivity (Wildman–Crippen MR) is 102 cm³/mol. The number of carbonyl (C=O) groups excluding carboxylic acids is 1. The Bertz CT molecular complexity index is 964. The van der Waals surface area contributed by atoms with Gasteiger partial charge in [-0.05, 0) is 29.8 Å². The lowest BCUT2D eigenvalue weighted by Gasteiger charge is -2.21. The van der Waals surface area contributed by atoms with E-state index in [-0.39, 0.29) is 11.7 Å². The molecular weight excluding hydrogens is 380 g/mol. The summed E-state index contributed by atoms with van der Waals surface area (Å²) in [5.41, 5.74) is 1.76.